The molecule has 0 saturated heterocycles. The van der Waals surface area contributed by atoms with E-state index < -0.39 is 0 Å². The SMILES string of the molecule is CCN(Cc1ccco1)c1cccc(F)c1[C@H](C)N. The molecule has 2 rings (SSSR count). The molecule has 0 aliphatic heterocycles. The highest BCUT2D eigenvalue weighted by Crippen LogP contribution is 2.28. The first-order chi connectivity index (χ1) is 9.13. The van der Waals surface area contributed by atoms with E-state index in [0.717, 1.165) is 18.0 Å². The van der Waals surface area contributed by atoms with Crippen LogP contribution >= 0.6 is 0 Å². The van der Waals surface area contributed by atoms with E-state index in [0.29, 0.717) is 12.1 Å². The third-order valence-corrected chi connectivity index (χ3v) is 3.13. The maximum atomic E-state index is 13.9. The number of furan rings is 1. The van der Waals surface area contributed by atoms with Gasteiger partial charge in [-0.2, -0.15) is 0 Å². The predicted octanol–water partition coefficient (Wildman–Crippen LogP) is 3.46. The van der Waals surface area contributed by atoms with Gasteiger partial charge >= 0.3 is 0 Å². The summed E-state index contributed by atoms with van der Waals surface area (Å²) in [5.41, 5.74) is 7.27. The van der Waals surface area contributed by atoms with Crippen LogP contribution in [-0.4, -0.2) is 6.54 Å². The van der Waals surface area contributed by atoms with Crippen molar-refractivity contribution in [2.75, 3.05) is 11.4 Å². The molecule has 19 heavy (non-hydrogen) atoms. The van der Waals surface area contributed by atoms with Gasteiger partial charge in [0.05, 0.1) is 12.8 Å². The van der Waals surface area contributed by atoms with Crippen LogP contribution in [-0.2, 0) is 6.54 Å². The van der Waals surface area contributed by atoms with Gasteiger partial charge in [-0.3, -0.25) is 0 Å². The van der Waals surface area contributed by atoms with E-state index in [1.807, 2.05) is 25.1 Å². The highest BCUT2D eigenvalue weighted by Gasteiger charge is 2.17. The van der Waals surface area contributed by atoms with E-state index in [9.17, 15) is 4.39 Å². The third-order valence-electron chi connectivity index (χ3n) is 3.13. The Labute approximate surface area is 112 Å². The van der Waals surface area contributed by atoms with Crippen molar-refractivity contribution in [3.05, 3.63) is 53.7 Å². The summed E-state index contributed by atoms with van der Waals surface area (Å²) in [5, 5.41) is 0. The molecular weight excluding hydrogens is 243 g/mol. The Morgan fingerprint density at radius 3 is 2.68 bits per heavy atom. The Kier molecular flexibility index (Phi) is 4.22. The van der Waals surface area contributed by atoms with Crippen molar-refractivity contribution >= 4 is 5.69 Å². The predicted molar refractivity (Wildman–Crippen MR) is 74.4 cm³/mol. The Bertz CT molecular complexity index is 523. The van der Waals surface area contributed by atoms with Crippen molar-refractivity contribution in [2.45, 2.75) is 26.4 Å². The molecule has 0 fully saturated rings. The van der Waals surface area contributed by atoms with Gasteiger partial charge in [0.1, 0.15) is 11.6 Å². The largest absolute Gasteiger partial charge is 0.467 e. The number of benzene rings is 1. The van der Waals surface area contributed by atoms with E-state index in [1.165, 1.54) is 6.07 Å². The molecule has 4 heteroatoms. The number of hydrogen-bond acceptors (Lipinski definition) is 3. The summed E-state index contributed by atoms with van der Waals surface area (Å²) < 4.78 is 19.3. The first-order valence-corrected chi connectivity index (χ1v) is 6.44. The molecule has 1 aromatic carbocycles. The molecule has 3 nitrogen and oxygen atoms in total. The van der Waals surface area contributed by atoms with Gasteiger partial charge in [-0.25, -0.2) is 4.39 Å². The average Bonchev–Trinajstić information content (AvgIpc) is 2.88. The summed E-state index contributed by atoms with van der Waals surface area (Å²) in [7, 11) is 0. The van der Waals surface area contributed by atoms with Crippen LogP contribution in [0.3, 0.4) is 0 Å². The second-order valence-electron chi connectivity index (χ2n) is 4.55. The lowest BCUT2D eigenvalue weighted by Crippen LogP contribution is -2.25. The average molecular weight is 262 g/mol. The third kappa shape index (κ3) is 2.96. The van der Waals surface area contributed by atoms with Crippen molar-refractivity contribution in [1.29, 1.82) is 0 Å². The zero-order valence-electron chi connectivity index (χ0n) is 11.3. The lowest BCUT2D eigenvalue weighted by molar-refractivity contribution is 0.502. The second kappa shape index (κ2) is 5.89. The molecule has 0 amide bonds. The Morgan fingerprint density at radius 1 is 1.32 bits per heavy atom. The molecule has 1 heterocycles. The summed E-state index contributed by atoms with van der Waals surface area (Å²) in [6.07, 6.45) is 1.64. The minimum atomic E-state index is -0.346. The monoisotopic (exact) mass is 262 g/mol. The van der Waals surface area contributed by atoms with Gasteiger partial charge in [-0.05, 0) is 38.1 Å². The summed E-state index contributed by atoms with van der Waals surface area (Å²) >= 11 is 0. The van der Waals surface area contributed by atoms with Crippen molar-refractivity contribution < 1.29 is 8.81 Å². The fraction of sp³-hybridized carbons (Fsp3) is 0.333. The number of hydrogen-bond donors (Lipinski definition) is 1. The lowest BCUT2D eigenvalue weighted by Gasteiger charge is -2.26. The molecule has 2 N–H and O–H groups in total. The van der Waals surface area contributed by atoms with Gasteiger partial charge in [-0.1, -0.05) is 6.07 Å². The molecule has 0 unspecified atom stereocenters. The standard InChI is InChI=1S/C15H19FN2O/c1-3-18(10-12-6-5-9-19-12)14-8-4-7-13(16)15(14)11(2)17/h4-9,11H,3,10,17H2,1-2H3/t11-/m0/s1. The quantitative estimate of drug-likeness (QED) is 0.897. The number of halogens is 1. The van der Waals surface area contributed by atoms with Crippen molar-refractivity contribution in [1.82, 2.24) is 0 Å². The minimum Gasteiger partial charge on any atom is -0.467 e. The zero-order chi connectivity index (χ0) is 13.8. The molecule has 0 aliphatic rings. The second-order valence-corrected chi connectivity index (χ2v) is 4.55. The van der Waals surface area contributed by atoms with Gasteiger partial charge < -0.3 is 15.1 Å². The topological polar surface area (TPSA) is 42.4 Å². The Balaban J connectivity index is 2.35. The van der Waals surface area contributed by atoms with Crippen LogP contribution in [0.1, 0.15) is 31.2 Å². The molecular formula is C15H19FN2O. The lowest BCUT2D eigenvalue weighted by atomic mass is 10.0. The maximum Gasteiger partial charge on any atom is 0.130 e. The molecule has 0 radical (unpaired) electrons. The molecule has 102 valence electrons. The first-order valence-electron chi connectivity index (χ1n) is 6.44. The number of rotatable bonds is 5. The summed E-state index contributed by atoms with van der Waals surface area (Å²) in [4.78, 5) is 2.06. The number of nitrogens with two attached hydrogens (primary N) is 1. The fourth-order valence-electron chi connectivity index (χ4n) is 2.21. The van der Waals surface area contributed by atoms with Gasteiger partial charge in [-0.15, -0.1) is 0 Å². The first kappa shape index (κ1) is 13.6. The highest BCUT2D eigenvalue weighted by molar-refractivity contribution is 5.55. The van der Waals surface area contributed by atoms with Crippen LogP contribution in [0, 0.1) is 5.82 Å². The van der Waals surface area contributed by atoms with E-state index in [4.69, 9.17) is 10.2 Å². The van der Waals surface area contributed by atoms with Gasteiger partial charge in [0.2, 0.25) is 0 Å². The summed E-state index contributed by atoms with van der Waals surface area (Å²) in [6, 6.07) is 8.47. The molecule has 0 aliphatic carbocycles. The minimum absolute atomic E-state index is 0.259. The summed E-state index contributed by atoms with van der Waals surface area (Å²) in [6.45, 7) is 5.18. The van der Waals surface area contributed by atoms with Crippen molar-refractivity contribution in [2.24, 2.45) is 5.73 Å². The summed E-state index contributed by atoms with van der Waals surface area (Å²) in [5.74, 6) is 0.590. The molecule has 1 atom stereocenters. The number of nitrogens with zero attached hydrogens (tertiary/aromatic N) is 1. The molecule has 2 aromatic rings. The highest BCUT2D eigenvalue weighted by atomic mass is 19.1. The van der Waals surface area contributed by atoms with Crippen LogP contribution in [0.5, 0.6) is 0 Å². The van der Waals surface area contributed by atoms with Gasteiger partial charge in [0, 0.05) is 23.8 Å². The Morgan fingerprint density at radius 2 is 2.11 bits per heavy atom. The fourth-order valence-corrected chi connectivity index (χ4v) is 2.21. The van der Waals surface area contributed by atoms with Crippen LogP contribution in [0.4, 0.5) is 10.1 Å². The van der Waals surface area contributed by atoms with Crippen LogP contribution in [0.15, 0.2) is 41.0 Å². The van der Waals surface area contributed by atoms with Crippen LogP contribution < -0.4 is 10.6 Å². The molecule has 0 saturated carbocycles. The maximum absolute atomic E-state index is 13.9. The van der Waals surface area contributed by atoms with E-state index in [1.54, 1.807) is 19.3 Å². The smallest absolute Gasteiger partial charge is 0.130 e. The molecule has 0 spiro atoms. The number of anilines is 1. The van der Waals surface area contributed by atoms with E-state index >= 15 is 0 Å². The van der Waals surface area contributed by atoms with E-state index in [2.05, 4.69) is 4.90 Å². The van der Waals surface area contributed by atoms with Crippen molar-refractivity contribution in [3.63, 3.8) is 0 Å². The Hall–Kier alpha value is -1.81. The van der Waals surface area contributed by atoms with Crippen LogP contribution in [0.2, 0.25) is 0 Å². The van der Waals surface area contributed by atoms with E-state index in [-0.39, 0.29) is 11.9 Å². The normalized spacial score (nSPS) is 12.4. The van der Waals surface area contributed by atoms with Crippen LogP contribution in [0.25, 0.3) is 0 Å². The van der Waals surface area contributed by atoms with Gasteiger partial charge in [0.15, 0.2) is 0 Å². The van der Waals surface area contributed by atoms with Gasteiger partial charge in [0.25, 0.3) is 0 Å². The van der Waals surface area contributed by atoms with Crippen molar-refractivity contribution in [3.8, 4) is 0 Å². The zero-order valence-corrected chi connectivity index (χ0v) is 11.3. The molecule has 1 aromatic heterocycles. The molecule has 0 bridgehead atoms.